The van der Waals surface area contributed by atoms with Crippen molar-refractivity contribution in [3.8, 4) is 5.75 Å². The van der Waals surface area contributed by atoms with E-state index in [0.29, 0.717) is 31.8 Å². The molecule has 154 valence electrons. The smallest absolute Gasteiger partial charge is 0.327 e. The number of hydrogen-bond acceptors (Lipinski definition) is 4. The minimum atomic E-state index is -0.654. The summed E-state index contributed by atoms with van der Waals surface area (Å²) >= 11 is 0. The van der Waals surface area contributed by atoms with E-state index in [2.05, 4.69) is 24.8 Å². The number of ether oxygens (including phenoxy) is 1. The van der Waals surface area contributed by atoms with Gasteiger partial charge in [0.1, 0.15) is 11.3 Å². The van der Waals surface area contributed by atoms with Crippen LogP contribution >= 0.6 is 0 Å². The largest absolute Gasteiger partial charge is 0.496 e. The van der Waals surface area contributed by atoms with Crippen molar-refractivity contribution in [2.24, 2.45) is 5.92 Å². The molecule has 0 N–H and O–H groups in total. The summed E-state index contributed by atoms with van der Waals surface area (Å²) < 4.78 is 5.47. The fraction of sp³-hybridized carbons (Fsp3) is 0.636. The van der Waals surface area contributed by atoms with Gasteiger partial charge in [-0.3, -0.25) is 14.6 Å². The van der Waals surface area contributed by atoms with Gasteiger partial charge in [-0.2, -0.15) is 0 Å². The first-order valence-electron chi connectivity index (χ1n) is 10.4. The van der Waals surface area contributed by atoms with E-state index in [4.69, 9.17) is 4.74 Å². The summed E-state index contributed by atoms with van der Waals surface area (Å²) in [6, 6.07) is 7.96. The number of carbonyl (C=O) groups excluding carboxylic acids is 2. The molecule has 0 aromatic heterocycles. The van der Waals surface area contributed by atoms with Gasteiger partial charge in [-0.15, -0.1) is 0 Å². The quantitative estimate of drug-likeness (QED) is 0.673. The molecule has 6 heteroatoms. The number of likely N-dealkylation sites (tertiary alicyclic amines) is 1. The highest BCUT2D eigenvalue weighted by molar-refractivity contribution is 6.07. The minimum absolute atomic E-state index is 0.000646. The molecule has 3 amide bonds. The van der Waals surface area contributed by atoms with Crippen LogP contribution < -0.4 is 4.74 Å². The SMILES string of the molecule is CCN1C(=O)N(CCC(C)C)C2(CCN(Cc3ccccc3OC)CC2)C1=O. The number of imide groups is 1. The van der Waals surface area contributed by atoms with Crippen molar-refractivity contribution in [1.82, 2.24) is 14.7 Å². The standard InChI is InChI=1S/C22H33N3O3/c1-5-24-20(26)22(25(21(24)27)13-10-17(2)3)11-14-23(15-12-22)16-18-8-6-7-9-19(18)28-4/h6-9,17H,5,10-16H2,1-4H3. The number of methoxy groups -OCH3 is 1. The topological polar surface area (TPSA) is 53.1 Å². The summed E-state index contributed by atoms with van der Waals surface area (Å²) in [5.74, 6) is 1.40. The monoisotopic (exact) mass is 387 g/mol. The van der Waals surface area contributed by atoms with Crippen LogP contribution in [0.5, 0.6) is 5.75 Å². The van der Waals surface area contributed by atoms with Gasteiger partial charge in [0.25, 0.3) is 5.91 Å². The molecule has 1 aromatic rings. The first-order valence-corrected chi connectivity index (χ1v) is 10.4. The average Bonchev–Trinajstić information content (AvgIpc) is 2.88. The lowest BCUT2D eigenvalue weighted by Crippen LogP contribution is -2.56. The van der Waals surface area contributed by atoms with Gasteiger partial charge < -0.3 is 9.64 Å². The van der Waals surface area contributed by atoms with Gasteiger partial charge in [0.2, 0.25) is 0 Å². The third-order valence-corrected chi connectivity index (χ3v) is 6.14. The lowest BCUT2D eigenvalue weighted by Gasteiger charge is -2.42. The van der Waals surface area contributed by atoms with Crippen LogP contribution in [0.25, 0.3) is 0 Å². The molecule has 0 aliphatic carbocycles. The zero-order chi connectivity index (χ0) is 20.3. The Morgan fingerprint density at radius 1 is 1.14 bits per heavy atom. The highest BCUT2D eigenvalue weighted by Gasteiger charge is 2.57. The fourth-order valence-corrected chi connectivity index (χ4v) is 4.40. The van der Waals surface area contributed by atoms with Crippen LogP contribution in [0, 0.1) is 5.92 Å². The third-order valence-electron chi connectivity index (χ3n) is 6.14. The molecule has 3 rings (SSSR count). The fourth-order valence-electron chi connectivity index (χ4n) is 4.40. The van der Waals surface area contributed by atoms with Crippen LogP contribution in [0.15, 0.2) is 24.3 Å². The number of para-hydroxylation sites is 1. The van der Waals surface area contributed by atoms with Crippen molar-refractivity contribution >= 4 is 11.9 Å². The molecule has 0 radical (unpaired) electrons. The van der Waals surface area contributed by atoms with E-state index in [-0.39, 0.29) is 11.9 Å². The first kappa shape index (κ1) is 20.6. The number of hydrogen-bond donors (Lipinski definition) is 0. The van der Waals surface area contributed by atoms with Crippen molar-refractivity contribution in [3.63, 3.8) is 0 Å². The van der Waals surface area contributed by atoms with Crippen LogP contribution in [0.3, 0.4) is 0 Å². The summed E-state index contributed by atoms with van der Waals surface area (Å²) in [5, 5.41) is 0. The normalized spacial score (nSPS) is 19.9. The lowest BCUT2D eigenvalue weighted by molar-refractivity contribution is -0.135. The molecule has 6 nitrogen and oxygen atoms in total. The van der Waals surface area contributed by atoms with E-state index in [9.17, 15) is 9.59 Å². The molecule has 28 heavy (non-hydrogen) atoms. The Balaban J connectivity index is 1.73. The Bertz CT molecular complexity index is 711. The van der Waals surface area contributed by atoms with Gasteiger partial charge >= 0.3 is 6.03 Å². The van der Waals surface area contributed by atoms with E-state index >= 15 is 0 Å². The molecule has 0 unspecified atom stereocenters. The highest BCUT2D eigenvalue weighted by Crippen LogP contribution is 2.38. The number of amides is 3. The average molecular weight is 388 g/mol. The molecular formula is C22H33N3O3. The second-order valence-corrected chi connectivity index (χ2v) is 8.29. The molecule has 0 saturated carbocycles. The van der Waals surface area contributed by atoms with Crippen LogP contribution in [-0.2, 0) is 11.3 Å². The van der Waals surface area contributed by atoms with E-state index in [0.717, 1.165) is 37.4 Å². The van der Waals surface area contributed by atoms with E-state index < -0.39 is 5.54 Å². The van der Waals surface area contributed by atoms with E-state index in [1.165, 1.54) is 4.90 Å². The molecule has 1 aromatic carbocycles. The molecule has 2 aliphatic heterocycles. The molecule has 2 saturated heterocycles. The molecule has 2 heterocycles. The van der Waals surface area contributed by atoms with Crippen molar-refractivity contribution < 1.29 is 14.3 Å². The highest BCUT2D eigenvalue weighted by atomic mass is 16.5. The summed E-state index contributed by atoms with van der Waals surface area (Å²) in [6.45, 7) is 9.69. The summed E-state index contributed by atoms with van der Waals surface area (Å²) in [6.07, 6.45) is 2.31. The van der Waals surface area contributed by atoms with Crippen LogP contribution in [0.2, 0.25) is 0 Å². The van der Waals surface area contributed by atoms with Crippen molar-refractivity contribution in [2.45, 2.75) is 52.1 Å². The van der Waals surface area contributed by atoms with E-state index in [1.54, 1.807) is 7.11 Å². The lowest BCUT2D eigenvalue weighted by atomic mass is 9.85. The number of benzene rings is 1. The number of nitrogens with zero attached hydrogens (tertiary/aromatic N) is 3. The van der Waals surface area contributed by atoms with Crippen LogP contribution in [-0.4, -0.2) is 65.5 Å². The van der Waals surface area contributed by atoms with Crippen molar-refractivity contribution in [2.75, 3.05) is 33.3 Å². The molecule has 2 aliphatic rings. The zero-order valence-corrected chi connectivity index (χ0v) is 17.6. The summed E-state index contributed by atoms with van der Waals surface area (Å²) in [4.78, 5) is 31.7. The van der Waals surface area contributed by atoms with Gasteiger partial charge in [0.15, 0.2) is 0 Å². The maximum atomic E-state index is 13.2. The van der Waals surface area contributed by atoms with Crippen molar-refractivity contribution in [1.29, 1.82) is 0 Å². The first-order chi connectivity index (χ1) is 13.4. The van der Waals surface area contributed by atoms with Crippen LogP contribution in [0.1, 0.15) is 45.6 Å². The summed E-state index contributed by atoms with van der Waals surface area (Å²) in [5.41, 5.74) is 0.501. The minimum Gasteiger partial charge on any atom is -0.496 e. The van der Waals surface area contributed by atoms with Gasteiger partial charge in [0.05, 0.1) is 7.11 Å². The number of likely N-dealkylation sites (N-methyl/N-ethyl adjacent to an activating group) is 1. The Morgan fingerprint density at radius 2 is 1.82 bits per heavy atom. The Kier molecular flexibility index (Phi) is 6.28. The number of urea groups is 1. The Hall–Kier alpha value is -2.08. The molecule has 0 atom stereocenters. The second-order valence-electron chi connectivity index (χ2n) is 8.29. The summed E-state index contributed by atoms with van der Waals surface area (Å²) in [7, 11) is 1.69. The van der Waals surface area contributed by atoms with Gasteiger partial charge in [-0.05, 0) is 38.2 Å². The number of carbonyl (C=O) groups is 2. The molecule has 1 spiro atoms. The predicted octanol–water partition coefficient (Wildman–Crippen LogP) is 3.36. The predicted molar refractivity (Wildman–Crippen MR) is 109 cm³/mol. The zero-order valence-electron chi connectivity index (χ0n) is 17.6. The third kappa shape index (κ3) is 3.75. The van der Waals surface area contributed by atoms with Crippen LogP contribution in [0.4, 0.5) is 4.79 Å². The molecular weight excluding hydrogens is 354 g/mol. The van der Waals surface area contributed by atoms with Gasteiger partial charge in [0, 0.05) is 38.3 Å². The molecule has 0 bridgehead atoms. The van der Waals surface area contributed by atoms with Gasteiger partial charge in [-0.25, -0.2) is 4.79 Å². The van der Waals surface area contributed by atoms with Gasteiger partial charge in [-0.1, -0.05) is 32.0 Å². The maximum absolute atomic E-state index is 13.2. The van der Waals surface area contributed by atoms with Crippen molar-refractivity contribution in [3.05, 3.63) is 29.8 Å². The number of piperidine rings is 1. The number of rotatable bonds is 7. The Labute approximate surface area is 168 Å². The second kappa shape index (κ2) is 8.52. The van der Waals surface area contributed by atoms with E-state index in [1.807, 2.05) is 30.0 Å². The maximum Gasteiger partial charge on any atom is 0.327 e. The Morgan fingerprint density at radius 3 is 2.43 bits per heavy atom. The molecule has 2 fully saturated rings.